The lowest BCUT2D eigenvalue weighted by molar-refractivity contribution is -0.115. The third kappa shape index (κ3) is 4.86. The highest BCUT2D eigenvalue weighted by molar-refractivity contribution is 5.96. The van der Waals surface area contributed by atoms with Crippen LogP contribution in [-0.4, -0.2) is 23.1 Å². The van der Waals surface area contributed by atoms with Gasteiger partial charge in [-0.25, -0.2) is 9.18 Å². The molecule has 0 aliphatic carbocycles. The molecule has 6 heteroatoms. The fourth-order valence-corrected chi connectivity index (χ4v) is 3.66. The number of amides is 1. The van der Waals surface area contributed by atoms with Crippen molar-refractivity contribution in [3.05, 3.63) is 102 Å². The Morgan fingerprint density at radius 3 is 2.41 bits per heavy atom. The number of halogens is 1. The molecule has 1 heterocycles. The van der Waals surface area contributed by atoms with Gasteiger partial charge in [-0.05, 0) is 60.5 Å². The van der Waals surface area contributed by atoms with E-state index in [4.69, 9.17) is 4.74 Å². The molecule has 0 fully saturated rings. The summed E-state index contributed by atoms with van der Waals surface area (Å²) in [7, 11) is 0. The second kappa shape index (κ2) is 9.47. The van der Waals surface area contributed by atoms with Crippen LogP contribution in [-0.2, 0) is 22.5 Å². The largest absolute Gasteiger partial charge is 0.462 e. The number of para-hydroxylation sites is 1. The zero-order valence-electron chi connectivity index (χ0n) is 17.7. The molecule has 162 valence electrons. The zero-order chi connectivity index (χ0) is 22.5. The molecule has 0 unspecified atom stereocenters. The summed E-state index contributed by atoms with van der Waals surface area (Å²) in [5, 5.41) is 3.88. The molecule has 4 aromatic rings. The molecule has 0 radical (unpaired) electrons. The molecular weight excluding hydrogens is 407 g/mol. The zero-order valence-corrected chi connectivity index (χ0v) is 17.7. The summed E-state index contributed by atoms with van der Waals surface area (Å²) >= 11 is 0. The van der Waals surface area contributed by atoms with Gasteiger partial charge in [0.25, 0.3) is 0 Å². The van der Waals surface area contributed by atoms with E-state index in [2.05, 4.69) is 9.88 Å². The number of hydrogen-bond donors (Lipinski definition) is 1. The number of carbonyl (C=O) groups excluding carboxylic acids is 2. The van der Waals surface area contributed by atoms with Gasteiger partial charge < -0.3 is 14.6 Å². The SMILES string of the molecule is CCOC(=O)c1ccc(NC(=O)Cc2cn(Cc3ccc(F)cc3)c3ccccc23)cc1. The number of nitrogens with zero attached hydrogens (tertiary/aromatic N) is 1. The molecule has 32 heavy (non-hydrogen) atoms. The van der Waals surface area contributed by atoms with Crippen LogP contribution in [0.25, 0.3) is 10.9 Å². The molecule has 4 rings (SSSR count). The van der Waals surface area contributed by atoms with Gasteiger partial charge in [0.15, 0.2) is 0 Å². The molecule has 0 atom stereocenters. The number of anilines is 1. The lowest BCUT2D eigenvalue weighted by atomic mass is 10.1. The van der Waals surface area contributed by atoms with Crippen molar-refractivity contribution in [1.82, 2.24) is 4.57 Å². The van der Waals surface area contributed by atoms with Crippen LogP contribution in [0.2, 0.25) is 0 Å². The number of nitrogens with one attached hydrogen (secondary N) is 1. The lowest BCUT2D eigenvalue weighted by Gasteiger charge is -2.06. The third-order valence-corrected chi connectivity index (χ3v) is 5.17. The van der Waals surface area contributed by atoms with Crippen molar-refractivity contribution in [3.63, 3.8) is 0 Å². The van der Waals surface area contributed by atoms with E-state index in [1.807, 2.05) is 30.5 Å². The summed E-state index contributed by atoms with van der Waals surface area (Å²) in [6.07, 6.45) is 2.17. The summed E-state index contributed by atoms with van der Waals surface area (Å²) in [6, 6.07) is 20.9. The first-order valence-electron chi connectivity index (χ1n) is 10.4. The summed E-state index contributed by atoms with van der Waals surface area (Å²) in [5.74, 6) is -0.809. The molecular formula is C26H23FN2O3. The van der Waals surface area contributed by atoms with Crippen LogP contribution < -0.4 is 5.32 Å². The van der Waals surface area contributed by atoms with Crippen molar-refractivity contribution >= 4 is 28.5 Å². The van der Waals surface area contributed by atoms with Gasteiger partial charge in [-0.1, -0.05) is 30.3 Å². The average Bonchev–Trinajstić information content (AvgIpc) is 3.13. The van der Waals surface area contributed by atoms with Crippen molar-refractivity contribution in [2.75, 3.05) is 11.9 Å². The Bertz CT molecular complexity index is 1240. The van der Waals surface area contributed by atoms with Crippen molar-refractivity contribution in [3.8, 4) is 0 Å². The Balaban J connectivity index is 1.49. The minimum Gasteiger partial charge on any atom is -0.462 e. The van der Waals surface area contributed by atoms with Crippen LogP contribution in [0.1, 0.15) is 28.4 Å². The number of ether oxygens (including phenoxy) is 1. The molecule has 0 bridgehead atoms. The summed E-state index contributed by atoms with van der Waals surface area (Å²) in [4.78, 5) is 24.5. The molecule has 0 aliphatic rings. The number of carbonyl (C=O) groups is 2. The van der Waals surface area contributed by atoms with Crippen molar-refractivity contribution in [2.45, 2.75) is 19.9 Å². The standard InChI is InChI=1S/C26H23FN2O3/c1-2-32-26(31)19-9-13-22(14-10-19)28-25(30)15-20-17-29(24-6-4-3-5-23(20)24)16-18-7-11-21(27)12-8-18/h3-14,17H,2,15-16H2,1H3,(H,28,30). The summed E-state index contributed by atoms with van der Waals surface area (Å²) in [6.45, 7) is 2.65. The number of esters is 1. The fourth-order valence-electron chi connectivity index (χ4n) is 3.66. The molecule has 0 saturated carbocycles. The fraction of sp³-hybridized carbons (Fsp3) is 0.154. The van der Waals surface area contributed by atoms with E-state index < -0.39 is 0 Å². The Labute approximate surface area is 185 Å². The van der Waals surface area contributed by atoms with Gasteiger partial charge in [-0.3, -0.25) is 4.79 Å². The van der Waals surface area contributed by atoms with Gasteiger partial charge in [0, 0.05) is 29.3 Å². The Kier molecular flexibility index (Phi) is 6.31. The molecule has 0 aliphatic heterocycles. The van der Waals surface area contributed by atoms with Crippen molar-refractivity contribution in [1.29, 1.82) is 0 Å². The maximum atomic E-state index is 13.2. The Hall–Kier alpha value is -3.93. The van der Waals surface area contributed by atoms with Crippen LogP contribution in [0.4, 0.5) is 10.1 Å². The van der Waals surface area contributed by atoms with Gasteiger partial charge in [-0.2, -0.15) is 0 Å². The number of fused-ring (bicyclic) bond motifs is 1. The minimum absolute atomic E-state index is 0.154. The molecule has 5 nitrogen and oxygen atoms in total. The molecule has 0 saturated heterocycles. The number of rotatable bonds is 7. The smallest absolute Gasteiger partial charge is 0.338 e. The van der Waals surface area contributed by atoms with Crippen LogP contribution in [0.5, 0.6) is 0 Å². The number of hydrogen-bond acceptors (Lipinski definition) is 3. The topological polar surface area (TPSA) is 60.3 Å². The highest BCUT2D eigenvalue weighted by atomic mass is 19.1. The first-order valence-corrected chi connectivity index (χ1v) is 10.4. The molecule has 3 aromatic carbocycles. The van der Waals surface area contributed by atoms with Crippen LogP contribution in [0.15, 0.2) is 79.0 Å². The van der Waals surface area contributed by atoms with Crippen LogP contribution in [0, 0.1) is 5.82 Å². The molecule has 1 aromatic heterocycles. The molecule has 1 amide bonds. The summed E-state index contributed by atoms with van der Waals surface area (Å²) in [5.41, 5.74) is 3.94. The predicted molar refractivity (Wildman–Crippen MR) is 122 cm³/mol. The highest BCUT2D eigenvalue weighted by Crippen LogP contribution is 2.23. The van der Waals surface area contributed by atoms with Gasteiger partial charge >= 0.3 is 5.97 Å². The predicted octanol–water partition coefficient (Wildman–Crippen LogP) is 5.19. The van der Waals surface area contributed by atoms with Crippen LogP contribution in [0.3, 0.4) is 0 Å². The number of benzene rings is 3. The molecule has 1 N–H and O–H groups in total. The van der Waals surface area contributed by atoms with E-state index in [9.17, 15) is 14.0 Å². The Morgan fingerprint density at radius 2 is 1.69 bits per heavy atom. The van der Waals surface area contributed by atoms with E-state index in [-0.39, 0.29) is 24.1 Å². The summed E-state index contributed by atoms with van der Waals surface area (Å²) < 4.78 is 20.3. The van der Waals surface area contributed by atoms with Gasteiger partial charge in [-0.15, -0.1) is 0 Å². The molecule has 0 spiro atoms. The second-order valence-corrected chi connectivity index (χ2v) is 7.45. The van der Waals surface area contributed by atoms with E-state index in [0.29, 0.717) is 24.4 Å². The Morgan fingerprint density at radius 1 is 0.969 bits per heavy atom. The quantitative estimate of drug-likeness (QED) is 0.411. The second-order valence-electron chi connectivity index (χ2n) is 7.45. The third-order valence-electron chi connectivity index (χ3n) is 5.17. The van der Waals surface area contributed by atoms with Gasteiger partial charge in [0.05, 0.1) is 18.6 Å². The van der Waals surface area contributed by atoms with Crippen molar-refractivity contribution < 1.29 is 18.7 Å². The lowest BCUT2D eigenvalue weighted by Crippen LogP contribution is -2.14. The first kappa shape index (κ1) is 21.3. The average molecular weight is 430 g/mol. The van der Waals surface area contributed by atoms with E-state index >= 15 is 0 Å². The first-order chi connectivity index (χ1) is 15.5. The van der Waals surface area contributed by atoms with Gasteiger partial charge in [0.1, 0.15) is 5.82 Å². The monoisotopic (exact) mass is 430 g/mol. The van der Waals surface area contributed by atoms with E-state index in [0.717, 1.165) is 22.0 Å². The van der Waals surface area contributed by atoms with E-state index in [1.54, 1.807) is 43.3 Å². The minimum atomic E-state index is -0.389. The number of aromatic nitrogens is 1. The maximum absolute atomic E-state index is 13.2. The normalized spacial score (nSPS) is 10.8. The van der Waals surface area contributed by atoms with Gasteiger partial charge in [0.2, 0.25) is 5.91 Å². The highest BCUT2D eigenvalue weighted by Gasteiger charge is 2.13. The maximum Gasteiger partial charge on any atom is 0.338 e. The van der Waals surface area contributed by atoms with Crippen LogP contribution >= 0.6 is 0 Å². The van der Waals surface area contributed by atoms with E-state index in [1.165, 1.54) is 12.1 Å². The van der Waals surface area contributed by atoms with Crippen molar-refractivity contribution in [2.24, 2.45) is 0 Å².